The number of rotatable bonds is 5. The maximum absolute atomic E-state index is 2.57. The summed E-state index contributed by atoms with van der Waals surface area (Å²) in [6, 6.07) is 83.9. The number of nitrogens with zero attached hydrogens (tertiary/aromatic N) is 1. The highest BCUT2D eigenvalue weighted by Crippen LogP contribution is 2.66. The van der Waals surface area contributed by atoms with E-state index >= 15 is 0 Å². The van der Waals surface area contributed by atoms with Crippen molar-refractivity contribution in [1.82, 2.24) is 0 Å². The van der Waals surface area contributed by atoms with Crippen molar-refractivity contribution in [2.45, 2.75) is 24.7 Å². The molecular formula is C62H43N. The second kappa shape index (κ2) is 13.4. The fourth-order valence-electron chi connectivity index (χ4n) is 11.7. The van der Waals surface area contributed by atoms with E-state index in [-0.39, 0.29) is 5.41 Å². The Morgan fingerprint density at radius 3 is 1.40 bits per heavy atom. The fourth-order valence-corrected chi connectivity index (χ4v) is 11.7. The van der Waals surface area contributed by atoms with Crippen LogP contribution in [0.2, 0.25) is 0 Å². The molecule has 0 saturated carbocycles. The molecule has 0 saturated heterocycles. The molecular weight excluding hydrogens is 759 g/mol. The number of hydrogen-bond acceptors (Lipinski definition) is 1. The van der Waals surface area contributed by atoms with Crippen molar-refractivity contribution in [2.75, 3.05) is 4.90 Å². The van der Waals surface area contributed by atoms with Crippen LogP contribution in [0.5, 0.6) is 0 Å². The lowest BCUT2D eigenvalue weighted by Crippen LogP contribution is -2.26. The van der Waals surface area contributed by atoms with Gasteiger partial charge in [-0.1, -0.05) is 214 Å². The molecule has 0 radical (unpaired) electrons. The number of hydrogen-bond donors (Lipinski definition) is 0. The summed E-state index contributed by atoms with van der Waals surface area (Å²) in [7, 11) is 0. The Labute approximate surface area is 369 Å². The SMILES string of the molecule is CC1(C)c2ccccc2-c2c(N(c3ccc(-c4ccc(-c5ccccc5)cc4)cc3)c3cccc4c3-c3ccccc3C43c4ccccc4-c4c3ccc3ccccc43)cccc21. The molecule has 0 N–H and O–H groups in total. The van der Waals surface area contributed by atoms with E-state index in [1.807, 2.05) is 0 Å². The van der Waals surface area contributed by atoms with Crippen LogP contribution in [0.3, 0.4) is 0 Å². The Hall–Kier alpha value is -7.74. The minimum absolute atomic E-state index is 0.140. The van der Waals surface area contributed by atoms with E-state index in [0.29, 0.717) is 0 Å². The molecule has 10 aromatic rings. The van der Waals surface area contributed by atoms with Crippen molar-refractivity contribution in [2.24, 2.45) is 0 Å². The van der Waals surface area contributed by atoms with Gasteiger partial charge in [0.2, 0.25) is 0 Å². The molecule has 0 heterocycles. The summed E-state index contributed by atoms with van der Waals surface area (Å²) in [5, 5.41) is 2.57. The van der Waals surface area contributed by atoms with Crippen molar-refractivity contribution >= 4 is 27.8 Å². The van der Waals surface area contributed by atoms with Crippen molar-refractivity contribution < 1.29 is 0 Å². The van der Waals surface area contributed by atoms with Crippen molar-refractivity contribution in [1.29, 1.82) is 0 Å². The highest BCUT2D eigenvalue weighted by molar-refractivity contribution is 6.08. The highest BCUT2D eigenvalue weighted by atomic mass is 15.1. The summed E-state index contributed by atoms with van der Waals surface area (Å²) in [5.41, 5.74) is 23.7. The van der Waals surface area contributed by atoms with Crippen LogP contribution < -0.4 is 4.90 Å². The van der Waals surface area contributed by atoms with E-state index < -0.39 is 5.41 Å². The summed E-state index contributed by atoms with van der Waals surface area (Å²) in [6.45, 7) is 4.76. The molecule has 0 fully saturated rings. The van der Waals surface area contributed by atoms with Gasteiger partial charge in [-0.25, -0.2) is 0 Å². The fraction of sp³-hybridized carbons (Fsp3) is 0.0645. The maximum Gasteiger partial charge on any atom is 0.0726 e. The van der Waals surface area contributed by atoms with Crippen molar-refractivity contribution in [3.63, 3.8) is 0 Å². The largest absolute Gasteiger partial charge is 0.309 e. The molecule has 10 aromatic carbocycles. The molecule has 1 atom stereocenters. The monoisotopic (exact) mass is 801 g/mol. The van der Waals surface area contributed by atoms with Crippen molar-refractivity contribution in [3.8, 4) is 55.6 Å². The quantitative estimate of drug-likeness (QED) is 0.168. The highest BCUT2D eigenvalue weighted by Gasteiger charge is 2.53. The van der Waals surface area contributed by atoms with Crippen LogP contribution in [-0.2, 0) is 10.8 Å². The molecule has 3 aliphatic rings. The molecule has 0 aliphatic heterocycles. The Balaban J connectivity index is 1.06. The lowest BCUT2D eigenvalue weighted by atomic mass is 9.70. The van der Waals surface area contributed by atoms with Gasteiger partial charge in [-0.3, -0.25) is 0 Å². The van der Waals surface area contributed by atoms with Gasteiger partial charge in [-0.05, 0) is 113 Å². The van der Waals surface area contributed by atoms with Gasteiger partial charge >= 0.3 is 0 Å². The molecule has 13 rings (SSSR count). The second-order valence-electron chi connectivity index (χ2n) is 17.9. The average Bonchev–Trinajstić information content (AvgIpc) is 3.91. The summed E-state index contributed by atoms with van der Waals surface area (Å²) in [6.07, 6.45) is 0. The minimum Gasteiger partial charge on any atom is -0.309 e. The predicted octanol–water partition coefficient (Wildman–Crippen LogP) is 16.3. The average molecular weight is 802 g/mol. The van der Waals surface area contributed by atoms with E-state index in [1.165, 1.54) is 111 Å². The predicted molar refractivity (Wildman–Crippen MR) is 263 cm³/mol. The molecule has 3 aliphatic carbocycles. The molecule has 0 bridgehead atoms. The van der Waals surface area contributed by atoms with Crippen LogP contribution in [0.1, 0.15) is 47.2 Å². The second-order valence-corrected chi connectivity index (χ2v) is 17.9. The molecule has 1 unspecified atom stereocenters. The van der Waals surface area contributed by atoms with Crippen LogP contribution in [0, 0.1) is 0 Å². The van der Waals surface area contributed by atoms with Gasteiger partial charge in [0.1, 0.15) is 0 Å². The molecule has 1 nitrogen and oxygen atoms in total. The Morgan fingerprint density at radius 1 is 0.302 bits per heavy atom. The zero-order valence-corrected chi connectivity index (χ0v) is 35.3. The minimum atomic E-state index is -0.480. The topological polar surface area (TPSA) is 3.24 Å². The van der Waals surface area contributed by atoms with Gasteiger partial charge in [-0.2, -0.15) is 0 Å². The number of fused-ring (bicyclic) bond motifs is 15. The van der Waals surface area contributed by atoms with Gasteiger partial charge in [0.25, 0.3) is 0 Å². The molecule has 1 heteroatoms. The van der Waals surface area contributed by atoms with Crippen LogP contribution in [0.25, 0.3) is 66.4 Å². The first-order valence-corrected chi connectivity index (χ1v) is 22.2. The first-order chi connectivity index (χ1) is 31.0. The summed E-state index contributed by atoms with van der Waals surface area (Å²) in [4.78, 5) is 2.57. The van der Waals surface area contributed by atoms with E-state index in [0.717, 1.165) is 5.69 Å². The third kappa shape index (κ3) is 4.94. The van der Waals surface area contributed by atoms with E-state index in [1.54, 1.807) is 0 Å². The van der Waals surface area contributed by atoms with Crippen LogP contribution in [-0.4, -0.2) is 0 Å². The molecule has 296 valence electrons. The Bertz CT molecular complexity index is 3470. The first kappa shape index (κ1) is 36.0. The summed E-state index contributed by atoms with van der Waals surface area (Å²) >= 11 is 0. The van der Waals surface area contributed by atoms with Crippen molar-refractivity contribution in [3.05, 3.63) is 258 Å². The smallest absolute Gasteiger partial charge is 0.0726 e. The third-order valence-corrected chi connectivity index (χ3v) is 14.5. The van der Waals surface area contributed by atoms with E-state index in [9.17, 15) is 0 Å². The standard InChI is InChI=1S/C62H43N/c1-61(2)50-23-11-8-20-47(50)59-53(61)26-14-28-56(59)63(45-37-34-43(35-38-45)42-32-30-41(31-33-42)40-16-4-3-5-17-40)57-29-15-27-54-60(57)49-22-10-13-25-52(49)62(54)51-24-12-9-21-48(51)58-46-19-7-6-18-44(46)36-39-55(58)62/h3-39H,1-2H3. The van der Waals surface area contributed by atoms with Gasteiger partial charge in [-0.15, -0.1) is 0 Å². The number of benzene rings is 10. The lowest BCUT2D eigenvalue weighted by Gasteiger charge is -2.32. The Kier molecular flexibility index (Phi) is 7.64. The summed E-state index contributed by atoms with van der Waals surface area (Å²) in [5.74, 6) is 0. The van der Waals surface area contributed by atoms with Gasteiger partial charge in [0, 0.05) is 22.2 Å². The van der Waals surface area contributed by atoms with E-state index in [4.69, 9.17) is 0 Å². The van der Waals surface area contributed by atoms with Gasteiger partial charge in [0.15, 0.2) is 0 Å². The number of anilines is 3. The molecule has 1 spiro atoms. The van der Waals surface area contributed by atoms with Gasteiger partial charge in [0.05, 0.1) is 16.8 Å². The zero-order chi connectivity index (χ0) is 41.9. The molecule has 0 amide bonds. The Morgan fingerprint density at radius 2 is 0.746 bits per heavy atom. The van der Waals surface area contributed by atoms with Crippen LogP contribution >= 0.6 is 0 Å². The van der Waals surface area contributed by atoms with Crippen LogP contribution in [0.4, 0.5) is 17.1 Å². The van der Waals surface area contributed by atoms with Crippen LogP contribution in [0.15, 0.2) is 224 Å². The molecule has 63 heavy (non-hydrogen) atoms. The van der Waals surface area contributed by atoms with Gasteiger partial charge < -0.3 is 4.90 Å². The van der Waals surface area contributed by atoms with E-state index in [2.05, 4.69) is 243 Å². The summed E-state index contributed by atoms with van der Waals surface area (Å²) < 4.78 is 0. The third-order valence-electron chi connectivity index (χ3n) is 14.5. The lowest BCUT2D eigenvalue weighted by molar-refractivity contribution is 0.660. The normalized spacial score (nSPS) is 15.7. The first-order valence-electron chi connectivity index (χ1n) is 22.2. The zero-order valence-electron chi connectivity index (χ0n) is 35.3. The maximum atomic E-state index is 2.57. The molecule has 0 aromatic heterocycles.